The molecule has 1 aromatic rings. The first-order valence-corrected chi connectivity index (χ1v) is 3.47. The van der Waals surface area contributed by atoms with Gasteiger partial charge in [-0.1, -0.05) is 0 Å². The van der Waals surface area contributed by atoms with Crippen molar-refractivity contribution in [1.29, 1.82) is 0 Å². The van der Waals surface area contributed by atoms with Gasteiger partial charge in [0.05, 0.1) is 11.9 Å². The van der Waals surface area contributed by atoms with Crippen molar-refractivity contribution in [3.05, 3.63) is 28.4 Å². The molecule has 0 aliphatic carbocycles. The highest BCUT2D eigenvalue weighted by molar-refractivity contribution is 4.94. The standard InChI is InChI=1S/C7H10N2O2/c10-3-1-2-6-4-9-7(11)5-8-6/h4-5,10H,1-3H2,(H,9,11). The van der Waals surface area contributed by atoms with E-state index in [1.54, 1.807) is 6.20 Å². The molecule has 0 radical (unpaired) electrons. The van der Waals surface area contributed by atoms with Gasteiger partial charge in [-0.15, -0.1) is 0 Å². The van der Waals surface area contributed by atoms with E-state index in [4.69, 9.17) is 5.11 Å². The number of aryl methyl sites for hydroxylation is 1. The first-order chi connectivity index (χ1) is 5.33. The average molecular weight is 154 g/mol. The van der Waals surface area contributed by atoms with Gasteiger partial charge in [0.1, 0.15) is 0 Å². The molecule has 1 rings (SSSR count). The summed E-state index contributed by atoms with van der Waals surface area (Å²) >= 11 is 0. The van der Waals surface area contributed by atoms with Gasteiger partial charge in [-0.2, -0.15) is 0 Å². The molecule has 0 aliphatic rings. The number of aliphatic hydroxyl groups excluding tert-OH is 1. The van der Waals surface area contributed by atoms with Crippen LogP contribution in [0.2, 0.25) is 0 Å². The van der Waals surface area contributed by atoms with E-state index in [2.05, 4.69) is 9.97 Å². The molecule has 60 valence electrons. The van der Waals surface area contributed by atoms with Crippen LogP contribution in [-0.4, -0.2) is 21.7 Å². The average Bonchev–Trinajstić information content (AvgIpc) is 2.04. The van der Waals surface area contributed by atoms with Gasteiger partial charge in [-0.25, -0.2) is 0 Å². The minimum Gasteiger partial charge on any atom is -0.396 e. The Morgan fingerprint density at radius 1 is 1.64 bits per heavy atom. The number of aromatic nitrogens is 2. The first-order valence-electron chi connectivity index (χ1n) is 3.47. The second-order valence-electron chi connectivity index (χ2n) is 2.23. The molecule has 0 fully saturated rings. The number of rotatable bonds is 3. The smallest absolute Gasteiger partial charge is 0.266 e. The summed E-state index contributed by atoms with van der Waals surface area (Å²) in [5.74, 6) is 0. The number of nitrogens with zero attached hydrogens (tertiary/aromatic N) is 1. The minimum absolute atomic E-state index is 0.154. The zero-order valence-corrected chi connectivity index (χ0v) is 6.08. The van der Waals surface area contributed by atoms with Gasteiger partial charge in [0.25, 0.3) is 5.56 Å². The predicted molar refractivity (Wildman–Crippen MR) is 40.3 cm³/mol. The maximum Gasteiger partial charge on any atom is 0.266 e. The molecular weight excluding hydrogens is 144 g/mol. The molecule has 0 spiro atoms. The van der Waals surface area contributed by atoms with E-state index in [0.29, 0.717) is 12.8 Å². The lowest BCUT2D eigenvalue weighted by atomic mass is 10.2. The molecule has 11 heavy (non-hydrogen) atoms. The summed E-state index contributed by atoms with van der Waals surface area (Å²) in [5, 5.41) is 8.48. The number of hydrogen-bond acceptors (Lipinski definition) is 3. The van der Waals surface area contributed by atoms with E-state index in [9.17, 15) is 4.79 Å². The van der Waals surface area contributed by atoms with Crippen molar-refractivity contribution >= 4 is 0 Å². The van der Waals surface area contributed by atoms with Crippen molar-refractivity contribution in [2.45, 2.75) is 12.8 Å². The van der Waals surface area contributed by atoms with E-state index in [0.717, 1.165) is 5.69 Å². The fourth-order valence-corrected chi connectivity index (χ4v) is 0.767. The summed E-state index contributed by atoms with van der Waals surface area (Å²) in [6, 6.07) is 0. The predicted octanol–water partition coefficient (Wildman–Crippen LogP) is -0.305. The first kappa shape index (κ1) is 7.94. The van der Waals surface area contributed by atoms with Crippen LogP contribution in [0.15, 0.2) is 17.2 Å². The lowest BCUT2D eigenvalue weighted by Crippen LogP contribution is -2.06. The molecule has 2 N–H and O–H groups in total. The van der Waals surface area contributed by atoms with Gasteiger partial charge in [0.15, 0.2) is 0 Å². The zero-order valence-electron chi connectivity index (χ0n) is 6.08. The van der Waals surface area contributed by atoms with Crippen molar-refractivity contribution in [3.63, 3.8) is 0 Å². The van der Waals surface area contributed by atoms with Gasteiger partial charge < -0.3 is 10.1 Å². The zero-order chi connectivity index (χ0) is 8.10. The Morgan fingerprint density at radius 2 is 2.45 bits per heavy atom. The Balaban J connectivity index is 2.59. The third-order valence-electron chi connectivity index (χ3n) is 1.32. The lowest BCUT2D eigenvalue weighted by molar-refractivity contribution is 0.288. The van der Waals surface area contributed by atoms with E-state index >= 15 is 0 Å². The Hall–Kier alpha value is -1.16. The number of nitrogens with one attached hydrogen (secondary N) is 1. The molecule has 0 unspecified atom stereocenters. The summed E-state index contributed by atoms with van der Waals surface area (Å²) in [6.07, 6.45) is 4.19. The van der Waals surface area contributed by atoms with Gasteiger partial charge in [0.2, 0.25) is 0 Å². The molecule has 0 saturated heterocycles. The monoisotopic (exact) mass is 154 g/mol. The van der Waals surface area contributed by atoms with Gasteiger partial charge in [-0.05, 0) is 12.8 Å². The van der Waals surface area contributed by atoms with Crippen LogP contribution < -0.4 is 5.56 Å². The van der Waals surface area contributed by atoms with Crippen LogP contribution in [0.3, 0.4) is 0 Å². The minimum atomic E-state index is -0.197. The third kappa shape index (κ3) is 2.51. The molecule has 0 aliphatic heterocycles. The van der Waals surface area contributed by atoms with E-state index in [1.165, 1.54) is 6.20 Å². The summed E-state index contributed by atoms with van der Waals surface area (Å²) < 4.78 is 0. The summed E-state index contributed by atoms with van der Waals surface area (Å²) in [7, 11) is 0. The molecule has 0 bridgehead atoms. The van der Waals surface area contributed by atoms with E-state index < -0.39 is 0 Å². The number of aromatic amines is 1. The van der Waals surface area contributed by atoms with Crippen molar-refractivity contribution in [1.82, 2.24) is 9.97 Å². The fraction of sp³-hybridized carbons (Fsp3) is 0.429. The van der Waals surface area contributed by atoms with Crippen molar-refractivity contribution in [3.8, 4) is 0 Å². The Bertz CT molecular complexity index is 249. The van der Waals surface area contributed by atoms with Crippen LogP contribution in [0.4, 0.5) is 0 Å². The van der Waals surface area contributed by atoms with Crippen LogP contribution >= 0.6 is 0 Å². The van der Waals surface area contributed by atoms with Crippen molar-refractivity contribution in [2.75, 3.05) is 6.61 Å². The van der Waals surface area contributed by atoms with Crippen LogP contribution in [0, 0.1) is 0 Å². The molecule has 4 nitrogen and oxygen atoms in total. The molecule has 1 aromatic heterocycles. The Labute approximate surface area is 63.9 Å². The topological polar surface area (TPSA) is 66.0 Å². The van der Waals surface area contributed by atoms with Gasteiger partial charge in [0, 0.05) is 12.8 Å². The molecule has 1 heterocycles. The second-order valence-corrected chi connectivity index (χ2v) is 2.23. The molecule has 0 amide bonds. The van der Waals surface area contributed by atoms with Crippen LogP contribution in [0.25, 0.3) is 0 Å². The SMILES string of the molecule is O=c1cnc(CCCO)c[nH]1. The molecule has 4 heteroatoms. The highest BCUT2D eigenvalue weighted by Crippen LogP contribution is 1.92. The van der Waals surface area contributed by atoms with Crippen LogP contribution in [0.1, 0.15) is 12.1 Å². The second kappa shape index (κ2) is 3.88. The van der Waals surface area contributed by atoms with Crippen LogP contribution in [0.5, 0.6) is 0 Å². The summed E-state index contributed by atoms with van der Waals surface area (Å²) in [6.45, 7) is 0.154. The quantitative estimate of drug-likeness (QED) is 0.627. The highest BCUT2D eigenvalue weighted by Gasteiger charge is 1.92. The Morgan fingerprint density at radius 3 is 3.00 bits per heavy atom. The Kier molecular flexibility index (Phi) is 2.80. The lowest BCUT2D eigenvalue weighted by Gasteiger charge is -1.95. The molecule has 0 saturated carbocycles. The van der Waals surface area contributed by atoms with E-state index in [-0.39, 0.29) is 12.2 Å². The van der Waals surface area contributed by atoms with Crippen molar-refractivity contribution in [2.24, 2.45) is 0 Å². The third-order valence-corrected chi connectivity index (χ3v) is 1.32. The van der Waals surface area contributed by atoms with E-state index in [1.807, 2.05) is 0 Å². The summed E-state index contributed by atoms with van der Waals surface area (Å²) in [4.78, 5) is 16.9. The molecule has 0 aromatic carbocycles. The normalized spacial score (nSPS) is 9.91. The fourth-order valence-electron chi connectivity index (χ4n) is 0.767. The summed E-state index contributed by atoms with van der Waals surface area (Å²) in [5.41, 5.74) is 0.608. The maximum atomic E-state index is 10.5. The van der Waals surface area contributed by atoms with Gasteiger partial charge in [-0.3, -0.25) is 9.78 Å². The largest absolute Gasteiger partial charge is 0.396 e. The van der Waals surface area contributed by atoms with Gasteiger partial charge >= 0.3 is 0 Å². The highest BCUT2D eigenvalue weighted by atomic mass is 16.2. The van der Waals surface area contributed by atoms with Crippen molar-refractivity contribution < 1.29 is 5.11 Å². The number of H-pyrrole nitrogens is 1. The maximum absolute atomic E-state index is 10.5. The molecule has 0 atom stereocenters. The number of aliphatic hydroxyl groups is 1. The van der Waals surface area contributed by atoms with Crippen LogP contribution in [-0.2, 0) is 6.42 Å². The number of hydrogen-bond donors (Lipinski definition) is 2. The molecular formula is C7H10N2O2.